The van der Waals surface area contributed by atoms with E-state index in [-0.39, 0.29) is 18.1 Å². The van der Waals surface area contributed by atoms with Crippen molar-refractivity contribution in [1.29, 1.82) is 0 Å². The van der Waals surface area contributed by atoms with Gasteiger partial charge in [0.2, 0.25) is 5.88 Å². The fourth-order valence-corrected chi connectivity index (χ4v) is 2.86. The summed E-state index contributed by atoms with van der Waals surface area (Å²) < 4.78 is 11.1. The van der Waals surface area contributed by atoms with E-state index in [1.807, 2.05) is 0 Å². The predicted molar refractivity (Wildman–Crippen MR) is 88.6 cm³/mol. The van der Waals surface area contributed by atoms with Gasteiger partial charge in [0.05, 0.1) is 15.3 Å². The number of carbonyl (C=O) groups excluding carboxylic acids is 2. The Hall–Kier alpha value is -1.97. The lowest BCUT2D eigenvalue weighted by Gasteiger charge is -2.10. The molecule has 0 aliphatic carbocycles. The second-order valence-corrected chi connectivity index (χ2v) is 6.67. The van der Waals surface area contributed by atoms with Crippen molar-refractivity contribution in [3.05, 3.63) is 44.7 Å². The number of methoxy groups -OCH3 is 1. The number of aromatic nitrogens is 1. The highest BCUT2D eigenvalue weighted by Crippen LogP contribution is 2.21. The van der Waals surface area contributed by atoms with Crippen LogP contribution in [0.3, 0.4) is 0 Å². The molecular weight excluding hydrogens is 386 g/mol. The molecule has 7 nitrogen and oxygen atoms in total. The number of nitrogens with zero attached hydrogens (tertiary/aromatic N) is 1. The van der Waals surface area contributed by atoms with Gasteiger partial charge in [-0.3, -0.25) is 20.4 Å². The van der Waals surface area contributed by atoms with Crippen molar-refractivity contribution in [3.8, 4) is 5.88 Å². The highest BCUT2D eigenvalue weighted by Gasteiger charge is 2.15. The van der Waals surface area contributed by atoms with Crippen molar-refractivity contribution >= 4 is 39.1 Å². The summed E-state index contributed by atoms with van der Waals surface area (Å²) in [6, 6.07) is 6.57. The molecule has 0 saturated heterocycles. The van der Waals surface area contributed by atoms with Crippen LogP contribution in [0.1, 0.15) is 20.0 Å². The third kappa shape index (κ3) is 5.02. The van der Waals surface area contributed by atoms with Crippen LogP contribution in [0.5, 0.6) is 5.88 Å². The Labute approximate surface area is 145 Å². The van der Waals surface area contributed by atoms with Gasteiger partial charge in [0.1, 0.15) is 12.2 Å². The highest BCUT2D eigenvalue weighted by atomic mass is 79.9. The fourth-order valence-electron chi connectivity index (χ4n) is 1.58. The molecule has 2 N–H and O–H groups in total. The molecule has 2 aromatic rings. The summed E-state index contributed by atoms with van der Waals surface area (Å²) >= 11 is 4.54. The molecule has 0 aliphatic heterocycles. The van der Waals surface area contributed by atoms with E-state index in [9.17, 15) is 9.59 Å². The summed E-state index contributed by atoms with van der Waals surface area (Å²) in [5, 5.41) is 0. The van der Waals surface area contributed by atoms with Gasteiger partial charge < -0.3 is 9.47 Å². The zero-order chi connectivity index (χ0) is 16.7. The van der Waals surface area contributed by atoms with E-state index in [1.165, 1.54) is 17.5 Å². The zero-order valence-corrected chi connectivity index (χ0v) is 14.6. The molecule has 2 aromatic heterocycles. The van der Waals surface area contributed by atoms with Crippen LogP contribution in [-0.4, -0.2) is 37.1 Å². The minimum atomic E-state index is -0.519. The molecule has 0 saturated carbocycles. The van der Waals surface area contributed by atoms with Crippen LogP contribution in [0.2, 0.25) is 0 Å². The van der Waals surface area contributed by atoms with Gasteiger partial charge in [0, 0.05) is 13.3 Å². The second kappa shape index (κ2) is 8.61. The molecular formula is C14H14BrN3O4S. The zero-order valence-electron chi connectivity index (χ0n) is 12.2. The first-order chi connectivity index (χ1) is 11.1. The Bertz CT molecular complexity index is 692. The summed E-state index contributed by atoms with van der Waals surface area (Å²) in [5.41, 5.74) is 4.91. The molecule has 0 radical (unpaired) electrons. The van der Waals surface area contributed by atoms with Crippen LogP contribution < -0.4 is 15.6 Å². The van der Waals surface area contributed by atoms with Gasteiger partial charge in [-0.25, -0.2) is 4.98 Å². The topological polar surface area (TPSA) is 89.6 Å². The van der Waals surface area contributed by atoms with Crippen molar-refractivity contribution in [2.75, 3.05) is 20.3 Å². The molecule has 122 valence electrons. The van der Waals surface area contributed by atoms with Gasteiger partial charge in [0.25, 0.3) is 11.8 Å². The van der Waals surface area contributed by atoms with Crippen molar-refractivity contribution < 1.29 is 19.1 Å². The van der Waals surface area contributed by atoms with Crippen molar-refractivity contribution in [2.45, 2.75) is 0 Å². The van der Waals surface area contributed by atoms with Crippen LogP contribution in [0.15, 0.2) is 34.2 Å². The molecule has 0 aliphatic rings. The monoisotopic (exact) mass is 399 g/mol. The number of halogens is 1. The minimum absolute atomic E-state index is 0.176. The molecule has 9 heteroatoms. The lowest BCUT2D eigenvalue weighted by atomic mass is 10.2. The standard InChI is InChI=1S/C14H14BrN3O4S/c1-21-7-8-22-14-9(3-2-6-16-14)12(19)17-18-13(20)10-4-5-11(15)23-10/h2-6H,7-8H2,1H3,(H,17,19)(H,18,20). The number of ether oxygens (including phenoxy) is 2. The summed E-state index contributed by atoms with van der Waals surface area (Å²) in [6.07, 6.45) is 1.51. The van der Waals surface area contributed by atoms with Crippen LogP contribution in [0, 0.1) is 0 Å². The quantitative estimate of drug-likeness (QED) is 0.572. The third-order valence-corrected chi connectivity index (χ3v) is 4.25. The first kappa shape index (κ1) is 17.4. The van der Waals surface area contributed by atoms with Crippen LogP contribution in [0.4, 0.5) is 0 Å². The van der Waals surface area contributed by atoms with Gasteiger partial charge >= 0.3 is 0 Å². The number of amides is 2. The summed E-state index contributed by atoms with van der Waals surface area (Å²) in [7, 11) is 1.55. The van der Waals surface area contributed by atoms with Gasteiger partial charge in [-0.2, -0.15) is 0 Å². The lowest BCUT2D eigenvalue weighted by molar-refractivity contribution is 0.0844. The molecule has 0 unspecified atom stereocenters. The molecule has 2 rings (SSSR count). The average Bonchev–Trinajstić information content (AvgIpc) is 2.99. The molecule has 0 bridgehead atoms. The third-order valence-electron chi connectivity index (χ3n) is 2.63. The molecule has 0 spiro atoms. The van der Waals surface area contributed by atoms with Crippen molar-refractivity contribution in [2.24, 2.45) is 0 Å². The van der Waals surface area contributed by atoms with Gasteiger partial charge in [-0.05, 0) is 40.2 Å². The van der Waals surface area contributed by atoms with E-state index >= 15 is 0 Å². The van der Waals surface area contributed by atoms with Crippen LogP contribution >= 0.6 is 27.3 Å². The van der Waals surface area contributed by atoms with E-state index in [0.717, 1.165) is 3.79 Å². The maximum atomic E-state index is 12.2. The summed E-state index contributed by atoms with van der Waals surface area (Å²) in [5.74, 6) is -0.746. The average molecular weight is 400 g/mol. The van der Waals surface area contributed by atoms with E-state index < -0.39 is 11.8 Å². The number of rotatable bonds is 6. The Balaban J connectivity index is 1.96. The predicted octanol–water partition coefficient (Wildman–Crippen LogP) is 2.01. The lowest BCUT2D eigenvalue weighted by Crippen LogP contribution is -2.41. The SMILES string of the molecule is COCCOc1ncccc1C(=O)NNC(=O)c1ccc(Br)s1. The second-order valence-electron chi connectivity index (χ2n) is 4.21. The number of hydrogen-bond donors (Lipinski definition) is 2. The number of pyridine rings is 1. The maximum Gasteiger partial charge on any atom is 0.279 e. The summed E-state index contributed by atoms with van der Waals surface area (Å²) in [4.78, 5) is 28.5. The number of thiophene rings is 1. The first-order valence-electron chi connectivity index (χ1n) is 6.54. The Morgan fingerprint density at radius 1 is 1.22 bits per heavy atom. The van der Waals surface area contributed by atoms with Gasteiger partial charge in [-0.15, -0.1) is 11.3 Å². The van der Waals surface area contributed by atoms with Crippen LogP contribution in [0.25, 0.3) is 0 Å². The molecule has 0 atom stereocenters. The number of nitrogens with one attached hydrogen (secondary N) is 2. The Morgan fingerprint density at radius 3 is 2.70 bits per heavy atom. The number of hydrogen-bond acceptors (Lipinski definition) is 6. The first-order valence-corrected chi connectivity index (χ1v) is 8.15. The largest absolute Gasteiger partial charge is 0.475 e. The Morgan fingerprint density at radius 2 is 2.00 bits per heavy atom. The number of carbonyl (C=O) groups is 2. The van der Waals surface area contributed by atoms with Crippen LogP contribution in [-0.2, 0) is 4.74 Å². The van der Waals surface area contributed by atoms with E-state index in [0.29, 0.717) is 11.5 Å². The number of hydrazine groups is 1. The Kier molecular flexibility index (Phi) is 6.51. The highest BCUT2D eigenvalue weighted by molar-refractivity contribution is 9.11. The van der Waals surface area contributed by atoms with Gasteiger partial charge in [0.15, 0.2) is 0 Å². The normalized spacial score (nSPS) is 10.2. The smallest absolute Gasteiger partial charge is 0.279 e. The van der Waals surface area contributed by atoms with Crippen molar-refractivity contribution in [1.82, 2.24) is 15.8 Å². The summed E-state index contributed by atoms with van der Waals surface area (Å²) in [6.45, 7) is 0.644. The minimum Gasteiger partial charge on any atom is -0.475 e. The van der Waals surface area contributed by atoms with Gasteiger partial charge in [-0.1, -0.05) is 0 Å². The molecule has 0 aromatic carbocycles. The molecule has 23 heavy (non-hydrogen) atoms. The van der Waals surface area contributed by atoms with Crippen molar-refractivity contribution in [3.63, 3.8) is 0 Å². The molecule has 0 fully saturated rings. The van der Waals surface area contributed by atoms with E-state index in [1.54, 1.807) is 31.4 Å². The molecule has 2 heterocycles. The van der Waals surface area contributed by atoms with E-state index in [4.69, 9.17) is 9.47 Å². The fraction of sp³-hybridized carbons (Fsp3) is 0.214. The molecule has 2 amide bonds. The van der Waals surface area contributed by atoms with E-state index in [2.05, 4.69) is 31.8 Å². The maximum absolute atomic E-state index is 12.2.